The van der Waals surface area contributed by atoms with Crippen molar-refractivity contribution in [2.24, 2.45) is 5.92 Å². The minimum absolute atomic E-state index is 0.198. The molecule has 1 fully saturated rings. The fourth-order valence-electron chi connectivity index (χ4n) is 3.69. The predicted octanol–water partition coefficient (Wildman–Crippen LogP) is 3.46. The Morgan fingerprint density at radius 1 is 1.15 bits per heavy atom. The number of likely N-dealkylation sites (tertiary alicyclic amines) is 1. The van der Waals surface area contributed by atoms with Gasteiger partial charge in [-0.2, -0.15) is 0 Å². The van der Waals surface area contributed by atoms with Crippen LogP contribution in [0.1, 0.15) is 24.0 Å². The van der Waals surface area contributed by atoms with Crippen LogP contribution in [0.25, 0.3) is 0 Å². The van der Waals surface area contributed by atoms with Crippen LogP contribution in [0.3, 0.4) is 0 Å². The Kier molecular flexibility index (Phi) is 5.13. The van der Waals surface area contributed by atoms with Gasteiger partial charge in [0.2, 0.25) is 0 Å². The van der Waals surface area contributed by atoms with Gasteiger partial charge in [0.1, 0.15) is 17.2 Å². The number of aliphatic hydroxyl groups is 1. The second-order valence-corrected chi connectivity index (χ2v) is 6.55. The summed E-state index contributed by atoms with van der Waals surface area (Å²) < 4.78 is 18.7. The van der Waals surface area contributed by atoms with Crippen molar-refractivity contribution >= 4 is 6.09 Å². The number of carbonyl (C=O) groups is 1. The third-order valence-electron chi connectivity index (χ3n) is 5.15. The summed E-state index contributed by atoms with van der Waals surface area (Å²) in [6.45, 7) is 0.709. The van der Waals surface area contributed by atoms with E-state index in [9.17, 15) is 14.3 Å². The lowest BCUT2D eigenvalue weighted by Gasteiger charge is -2.41. The molecular weight excluding hydrogens is 337 g/mol. The van der Waals surface area contributed by atoms with Crippen LogP contribution in [0.4, 0.5) is 9.18 Å². The van der Waals surface area contributed by atoms with E-state index in [4.69, 9.17) is 9.84 Å². The molecule has 2 N–H and O–H groups in total. The Morgan fingerprint density at radius 3 is 2.38 bits per heavy atom. The predicted molar refractivity (Wildman–Crippen MR) is 94.7 cm³/mol. The van der Waals surface area contributed by atoms with E-state index in [0.29, 0.717) is 42.8 Å². The molecule has 0 saturated carbocycles. The summed E-state index contributed by atoms with van der Waals surface area (Å²) in [5.41, 5.74) is -0.120. The largest absolute Gasteiger partial charge is 0.497 e. The number of benzene rings is 2. The molecule has 2 aromatic rings. The van der Waals surface area contributed by atoms with Crippen LogP contribution < -0.4 is 4.74 Å². The van der Waals surface area contributed by atoms with Crippen molar-refractivity contribution in [3.8, 4) is 5.75 Å². The summed E-state index contributed by atoms with van der Waals surface area (Å²) in [6, 6.07) is 13.0. The molecule has 5 nitrogen and oxygen atoms in total. The van der Waals surface area contributed by atoms with Gasteiger partial charge in [0.05, 0.1) is 7.11 Å². The van der Waals surface area contributed by atoms with Gasteiger partial charge in [-0.1, -0.05) is 24.3 Å². The fourth-order valence-corrected chi connectivity index (χ4v) is 3.69. The lowest BCUT2D eigenvalue weighted by atomic mass is 9.72. The second kappa shape index (κ2) is 7.33. The molecule has 1 heterocycles. The number of ether oxygens (including phenoxy) is 1. The van der Waals surface area contributed by atoms with E-state index >= 15 is 0 Å². The topological polar surface area (TPSA) is 70.0 Å². The monoisotopic (exact) mass is 359 g/mol. The van der Waals surface area contributed by atoms with E-state index < -0.39 is 11.7 Å². The number of nitrogens with zero attached hydrogens (tertiary/aromatic N) is 1. The highest BCUT2D eigenvalue weighted by Gasteiger charge is 2.42. The van der Waals surface area contributed by atoms with E-state index in [1.807, 2.05) is 6.07 Å². The number of piperidine rings is 1. The van der Waals surface area contributed by atoms with Crippen molar-refractivity contribution in [3.63, 3.8) is 0 Å². The van der Waals surface area contributed by atoms with E-state index in [1.54, 1.807) is 37.4 Å². The van der Waals surface area contributed by atoms with Crippen LogP contribution in [-0.2, 0) is 5.60 Å². The number of carboxylic acid groups (broad SMARTS) is 1. The second-order valence-electron chi connectivity index (χ2n) is 6.55. The number of rotatable bonds is 4. The number of hydrogen-bond donors (Lipinski definition) is 2. The highest BCUT2D eigenvalue weighted by atomic mass is 19.1. The lowest BCUT2D eigenvalue weighted by molar-refractivity contribution is -0.0122. The van der Waals surface area contributed by atoms with Crippen molar-refractivity contribution < 1.29 is 24.1 Å². The third-order valence-corrected chi connectivity index (χ3v) is 5.15. The Hall–Kier alpha value is -2.60. The van der Waals surface area contributed by atoms with Crippen LogP contribution >= 0.6 is 0 Å². The molecule has 0 aromatic heterocycles. The fraction of sp³-hybridized carbons (Fsp3) is 0.350. The van der Waals surface area contributed by atoms with Crippen LogP contribution in [0.15, 0.2) is 48.5 Å². The van der Waals surface area contributed by atoms with Gasteiger partial charge in [0.25, 0.3) is 0 Å². The molecule has 1 saturated heterocycles. The minimum atomic E-state index is -1.35. The Balaban J connectivity index is 2.01. The van der Waals surface area contributed by atoms with E-state index in [1.165, 1.54) is 17.0 Å². The van der Waals surface area contributed by atoms with Crippen molar-refractivity contribution in [1.82, 2.24) is 4.90 Å². The quantitative estimate of drug-likeness (QED) is 0.877. The highest BCUT2D eigenvalue weighted by Crippen LogP contribution is 2.42. The maximum atomic E-state index is 13.4. The number of halogens is 1. The molecule has 138 valence electrons. The average Bonchev–Trinajstić information content (AvgIpc) is 2.68. The van der Waals surface area contributed by atoms with Crippen LogP contribution in [0, 0.1) is 11.7 Å². The Bertz CT molecular complexity index is 772. The zero-order valence-corrected chi connectivity index (χ0v) is 14.6. The molecule has 0 unspecified atom stereocenters. The van der Waals surface area contributed by atoms with Crippen molar-refractivity contribution in [2.75, 3.05) is 20.2 Å². The van der Waals surface area contributed by atoms with Crippen molar-refractivity contribution in [3.05, 3.63) is 65.5 Å². The molecule has 1 aliphatic rings. The summed E-state index contributed by atoms with van der Waals surface area (Å²) >= 11 is 0. The van der Waals surface area contributed by atoms with Gasteiger partial charge >= 0.3 is 6.09 Å². The van der Waals surface area contributed by atoms with Crippen LogP contribution in [0.2, 0.25) is 0 Å². The van der Waals surface area contributed by atoms with Crippen molar-refractivity contribution in [1.29, 1.82) is 0 Å². The summed E-state index contributed by atoms with van der Waals surface area (Å²) in [6.07, 6.45) is 0.0737. The zero-order valence-electron chi connectivity index (χ0n) is 14.6. The molecule has 0 aliphatic carbocycles. The summed E-state index contributed by atoms with van der Waals surface area (Å²) in [7, 11) is 1.56. The summed E-state index contributed by atoms with van der Waals surface area (Å²) in [4.78, 5) is 12.5. The summed E-state index contributed by atoms with van der Waals surface area (Å²) in [5, 5.41) is 20.9. The van der Waals surface area contributed by atoms with Gasteiger partial charge in [-0.3, -0.25) is 0 Å². The third kappa shape index (κ3) is 3.37. The first-order valence-corrected chi connectivity index (χ1v) is 8.56. The summed E-state index contributed by atoms with van der Waals surface area (Å²) in [5.74, 6) is 0.0455. The molecule has 3 rings (SSSR count). The van der Waals surface area contributed by atoms with Gasteiger partial charge in [0.15, 0.2) is 0 Å². The maximum Gasteiger partial charge on any atom is 0.407 e. The first-order chi connectivity index (χ1) is 12.4. The van der Waals surface area contributed by atoms with Gasteiger partial charge in [0, 0.05) is 13.1 Å². The van der Waals surface area contributed by atoms with E-state index in [2.05, 4.69) is 0 Å². The van der Waals surface area contributed by atoms with E-state index in [-0.39, 0.29) is 11.7 Å². The van der Waals surface area contributed by atoms with Crippen molar-refractivity contribution in [2.45, 2.75) is 18.4 Å². The molecule has 1 atom stereocenters. The molecule has 26 heavy (non-hydrogen) atoms. The highest BCUT2D eigenvalue weighted by molar-refractivity contribution is 5.65. The van der Waals surface area contributed by atoms with E-state index in [0.717, 1.165) is 0 Å². The smallest absolute Gasteiger partial charge is 0.407 e. The first kappa shape index (κ1) is 18.2. The lowest BCUT2D eigenvalue weighted by Crippen LogP contribution is -2.45. The maximum absolute atomic E-state index is 13.4. The molecule has 2 aromatic carbocycles. The molecule has 0 spiro atoms. The van der Waals surface area contributed by atoms with Gasteiger partial charge in [-0.15, -0.1) is 0 Å². The van der Waals surface area contributed by atoms with Crippen LogP contribution in [-0.4, -0.2) is 41.4 Å². The molecule has 1 aliphatic heterocycles. The molecule has 0 bridgehead atoms. The van der Waals surface area contributed by atoms with Crippen LogP contribution in [0.5, 0.6) is 5.75 Å². The SMILES string of the molecule is COc1cccc([C@@](O)(c2ccc(F)cc2)C2CCN(C(=O)O)CC2)c1. The van der Waals surface area contributed by atoms with Gasteiger partial charge < -0.3 is 19.8 Å². The number of hydrogen-bond acceptors (Lipinski definition) is 3. The average molecular weight is 359 g/mol. The van der Waals surface area contributed by atoms with Gasteiger partial charge in [-0.05, 0) is 54.2 Å². The molecule has 1 amide bonds. The molecule has 0 radical (unpaired) electrons. The Labute approximate surface area is 151 Å². The minimum Gasteiger partial charge on any atom is -0.497 e. The number of amides is 1. The van der Waals surface area contributed by atoms with Gasteiger partial charge in [-0.25, -0.2) is 9.18 Å². The molecular formula is C20H22FNO4. The standard InChI is InChI=1S/C20H22FNO4/c1-26-18-4-2-3-16(13-18)20(25,14-5-7-17(21)8-6-14)15-9-11-22(12-10-15)19(23)24/h2-8,13,15,25H,9-12H2,1H3,(H,23,24)/t20-/m1/s1. The normalized spacial score (nSPS) is 17.6. The zero-order chi connectivity index (χ0) is 18.7. The molecule has 6 heteroatoms. The first-order valence-electron chi connectivity index (χ1n) is 8.56. The Morgan fingerprint density at radius 2 is 1.81 bits per heavy atom. The number of methoxy groups -OCH3 is 1.